The molecule has 0 aromatic heterocycles. The number of likely N-dealkylation sites (N-methyl/N-ethyl adjacent to an activating group) is 1. The molecule has 0 aliphatic heterocycles. The first-order chi connectivity index (χ1) is 16.1. The van der Waals surface area contributed by atoms with E-state index in [-0.39, 0.29) is 17.0 Å². The van der Waals surface area contributed by atoms with Gasteiger partial charge in [0.1, 0.15) is 0 Å². The molecular weight excluding hydrogens is 469 g/mol. The molecule has 10 heteroatoms. The second-order valence-electron chi connectivity index (χ2n) is 9.05. The number of alkyl halides is 3. The molecule has 0 heterocycles. The fraction of sp³-hybridized carbons (Fsp3) is 0.750. The SMILES string of the molecule is COCCN(C)CCCCCCOC1CCC(N(C)S(=O)(=O)c2ccc(C(F)(F)F)cc2)CC1. The molecule has 0 amide bonds. The van der Waals surface area contributed by atoms with Gasteiger partial charge >= 0.3 is 6.18 Å². The van der Waals surface area contributed by atoms with Gasteiger partial charge in [0.05, 0.1) is 23.2 Å². The zero-order chi connectivity index (χ0) is 25.2. The molecular formula is C24H39F3N2O4S. The van der Waals surface area contributed by atoms with Crippen molar-refractivity contribution in [3.63, 3.8) is 0 Å². The van der Waals surface area contributed by atoms with Crippen LogP contribution in [-0.4, -0.2) is 77.3 Å². The van der Waals surface area contributed by atoms with Gasteiger partial charge in [0.15, 0.2) is 0 Å². The molecule has 196 valence electrons. The summed E-state index contributed by atoms with van der Waals surface area (Å²) in [5.74, 6) is 0. The van der Waals surface area contributed by atoms with Gasteiger partial charge in [0, 0.05) is 33.4 Å². The average Bonchev–Trinajstić information content (AvgIpc) is 2.81. The molecule has 1 fully saturated rings. The quantitative estimate of drug-likeness (QED) is 0.338. The number of sulfonamides is 1. The van der Waals surface area contributed by atoms with E-state index in [1.165, 1.54) is 17.8 Å². The monoisotopic (exact) mass is 508 g/mol. The highest BCUT2D eigenvalue weighted by molar-refractivity contribution is 7.89. The highest BCUT2D eigenvalue weighted by atomic mass is 32.2. The van der Waals surface area contributed by atoms with E-state index in [4.69, 9.17) is 9.47 Å². The van der Waals surface area contributed by atoms with Gasteiger partial charge < -0.3 is 14.4 Å². The molecule has 0 N–H and O–H groups in total. The molecule has 1 saturated carbocycles. The third-order valence-corrected chi connectivity index (χ3v) is 8.41. The number of methoxy groups -OCH3 is 1. The van der Waals surface area contributed by atoms with E-state index in [1.54, 1.807) is 7.11 Å². The summed E-state index contributed by atoms with van der Waals surface area (Å²) in [6.45, 7) is 3.48. The Morgan fingerprint density at radius 2 is 1.53 bits per heavy atom. The van der Waals surface area contributed by atoms with E-state index >= 15 is 0 Å². The first-order valence-electron chi connectivity index (χ1n) is 12.0. The summed E-state index contributed by atoms with van der Waals surface area (Å²) in [5, 5.41) is 0. The summed E-state index contributed by atoms with van der Waals surface area (Å²) in [6.07, 6.45) is 3.02. The van der Waals surface area contributed by atoms with E-state index in [1.807, 2.05) is 0 Å². The molecule has 0 bridgehead atoms. The first kappa shape index (κ1) is 29.0. The Kier molecular flexibility index (Phi) is 11.8. The maximum atomic E-state index is 12.9. The summed E-state index contributed by atoms with van der Waals surface area (Å²) >= 11 is 0. The summed E-state index contributed by atoms with van der Waals surface area (Å²) in [7, 11) is 1.47. The van der Waals surface area contributed by atoms with Crippen molar-refractivity contribution in [2.75, 3.05) is 47.5 Å². The third-order valence-electron chi connectivity index (χ3n) is 6.48. The van der Waals surface area contributed by atoms with Crippen LogP contribution >= 0.6 is 0 Å². The van der Waals surface area contributed by atoms with Crippen LogP contribution < -0.4 is 0 Å². The molecule has 0 atom stereocenters. The predicted molar refractivity (Wildman–Crippen MR) is 126 cm³/mol. The van der Waals surface area contributed by atoms with Crippen LogP contribution in [0.4, 0.5) is 13.2 Å². The number of nitrogens with zero attached hydrogens (tertiary/aromatic N) is 2. The molecule has 1 aliphatic rings. The molecule has 1 aliphatic carbocycles. The van der Waals surface area contributed by atoms with Gasteiger partial charge in [-0.1, -0.05) is 12.8 Å². The Balaban J connectivity index is 1.67. The van der Waals surface area contributed by atoms with Crippen LogP contribution in [0.5, 0.6) is 0 Å². The molecule has 6 nitrogen and oxygen atoms in total. The van der Waals surface area contributed by atoms with Crippen LogP contribution in [0.1, 0.15) is 56.9 Å². The van der Waals surface area contributed by atoms with Crippen molar-refractivity contribution >= 4 is 10.0 Å². The van der Waals surface area contributed by atoms with Gasteiger partial charge in [-0.2, -0.15) is 17.5 Å². The summed E-state index contributed by atoms with van der Waals surface area (Å²) < 4.78 is 76.4. The van der Waals surface area contributed by atoms with Crippen LogP contribution in [0, 0.1) is 0 Å². The van der Waals surface area contributed by atoms with Crippen molar-refractivity contribution in [2.24, 2.45) is 0 Å². The standard InChI is InChI=1S/C24H39F3N2O4S/c1-28(17-19-32-3)16-6-4-5-7-18-33-22-12-10-21(11-13-22)29(2)34(30,31)23-14-8-20(9-15-23)24(25,26)27/h8-9,14-15,21-22H,4-7,10-13,16-19H2,1-3H3. The molecule has 0 unspecified atom stereocenters. The van der Waals surface area contributed by atoms with Gasteiger partial charge in [-0.25, -0.2) is 8.42 Å². The second kappa shape index (κ2) is 13.8. The largest absolute Gasteiger partial charge is 0.416 e. The number of ether oxygens (including phenoxy) is 2. The minimum Gasteiger partial charge on any atom is -0.383 e. The normalized spacial score (nSPS) is 19.8. The maximum Gasteiger partial charge on any atom is 0.416 e. The lowest BCUT2D eigenvalue weighted by Crippen LogP contribution is -2.40. The highest BCUT2D eigenvalue weighted by Crippen LogP contribution is 2.32. The fourth-order valence-corrected chi connectivity index (χ4v) is 5.62. The van der Waals surface area contributed by atoms with E-state index in [2.05, 4.69) is 11.9 Å². The number of rotatable bonds is 14. The van der Waals surface area contributed by atoms with Crippen molar-refractivity contribution < 1.29 is 31.1 Å². The Labute approximate surface area is 202 Å². The molecule has 34 heavy (non-hydrogen) atoms. The van der Waals surface area contributed by atoms with Gasteiger partial charge in [0.25, 0.3) is 0 Å². The highest BCUT2D eigenvalue weighted by Gasteiger charge is 2.34. The molecule has 0 spiro atoms. The topological polar surface area (TPSA) is 59.1 Å². The Hall–Kier alpha value is -1.20. The second-order valence-corrected chi connectivity index (χ2v) is 11.1. The van der Waals surface area contributed by atoms with Gasteiger partial charge in [-0.3, -0.25) is 0 Å². The Bertz CT molecular complexity index is 811. The van der Waals surface area contributed by atoms with Crippen LogP contribution in [0.15, 0.2) is 29.2 Å². The fourth-order valence-electron chi connectivity index (χ4n) is 4.20. The smallest absolute Gasteiger partial charge is 0.383 e. The summed E-state index contributed by atoms with van der Waals surface area (Å²) in [6, 6.07) is 3.50. The number of hydrogen-bond donors (Lipinski definition) is 0. The van der Waals surface area contributed by atoms with E-state index < -0.39 is 21.8 Å². The number of hydrogen-bond acceptors (Lipinski definition) is 5. The zero-order valence-electron chi connectivity index (χ0n) is 20.5. The van der Waals surface area contributed by atoms with Crippen molar-refractivity contribution in [2.45, 2.75) is 74.6 Å². The van der Waals surface area contributed by atoms with Gasteiger partial charge in [-0.05, 0) is 76.4 Å². The van der Waals surface area contributed by atoms with Crippen LogP contribution in [-0.2, 0) is 25.7 Å². The molecule has 2 rings (SSSR count). The zero-order valence-corrected chi connectivity index (χ0v) is 21.3. The summed E-state index contributed by atoms with van der Waals surface area (Å²) in [4.78, 5) is 2.15. The van der Waals surface area contributed by atoms with Crippen molar-refractivity contribution in [1.29, 1.82) is 0 Å². The van der Waals surface area contributed by atoms with Gasteiger partial charge in [0.2, 0.25) is 10.0 Å². The number of halogens is 3. The predicted octanol–water partition coefficient (Wildman–Crippen LogP) is 4.79. The Morgan fingerprint density at radius 1 is 0.912 bits per heavy atom. The molecule has 0 radical (unpaired) electrons. The minimum absolute atomic E-state index is 0.119. The van der Waals surface area contributed by atoms with Gasteiger partial charge in [-0.15, -0.1) is 0 Å². The lowest BCUT2D eigenvalue weighted by molar-refractivity contribution is -0.137. The number of benzene rings is 1. The van der Waals surface area contributed by atoms with Crippen molar-refractivity contribution in [3.05, 3.63) is 29.8 Å². The maximum absolute atomic E-state index is 12.9. The lowest BCUT2D eigenvalue weighted by atomic mass is 9.93. The van der Waals surface area contributed by atoms with E-state index in [0.29, 0.717) is 19.4 Å². The summed E-state index contributed by atoms with van der Waals surface area (Å²) in [5.41, 5.74) is -0.860. The lowest BCUT2D eigenvalue weighted by Gasteiger charge is -2.34. The van der Waals surface area contributed by atoms with Crippen LogP contribution in [0.2, 0.25) is 0 Å². The number of unbranched alkanes of at least 4 members (excludes halogenated alkanes) is 3. The van der Waals surface area contributed by atoms with Crippen molar-refractivity contribution in [1.82, 2.24) is 9.21 Å². The molecule has 1 aromatic carbocycles. The van der Waals surface area contributed by atoms with E-state index in [0.717, 1.165) is 76.1 Å². The Morgan fingerprint density at radius 3 is 2.12 bits per heavy atom. The molecule has 0 saturated heterocycles. The third kappa shape index (κ3) is 9.11. The first-order valence-corrected chi connectivity index (χ1v) is 13.4. The molecule has 1 aromatic rings. The van der Waals surface area contributed by atoms with Crippen molar-refractivity contribution in [3.8, 4) is 0 Å². The van der Waals surface area contributed by atoms with Crippen LogP contribution in [0.25, 0.3) is 0 Å². The minimum atomic E-state index is -4.49. The average molecular weight is 509 g/mol. The van der Waals surface area contributed by atoms with Crippen LogP contribution in [0.3, 0.4) is 0 Å². The van der Waals surface area contributed by atoms with E-state index in [9.17, 15) is 21.6 Å².